The zero-order chi connectivity index (χ0) is 85.0. The molecule has 600 valence electrons. The van der Waals surface area contributed by atoms with Crippen molar-refractivity contribution < 1.29 is 13.3 Å². The number of fused-ring (bicyclic) bond motifs is 18. The minimum Gasteiger partial charge on any atom is -0.456 e. The molecule has 3 heteroatoms. The Bertz CT molecular complexity index is 9000. The third-order valence-electron chi connectivity index (χ3n) is 26.5. The molecule has 24 aromatic carbocycles. The fraction of sp³-hybridized carbons (Fsp3) is 0. The first-order valence-electron chi connectivity index (χ1n) is 44.3. The molecule has 27 aromatic rings. The fourth-order valence-electron chi connectivity index (χ4n) is 20.7. The molecule has 0 radical (unpaired) electrons. The van der Waals surface area contributed by atoms with Gasteiger partial charge in [0.15, 0.2) is 0 Å². The van der Waals surface area contributed by atoms with Crippen LogP contribution in [0.1, 0.15) is 0 Å². The van der Waals surface area contributed by atoms with Crippen LogP contribution >= 0.6 is 0 Å². The summed E-state index contributed by atoms with van der Waals surface area (Å²) in [6, 6.07) is 171. The van der Waals surface area contributed by atoms with Gasteiger partial charge in [0.25, 0.3) is 0 Å². The van der Waals surface area contributed by atoms with Crippen LogP contribution in [0.4, 0.5) is 0 Å². The predicted molar refractivity (Wildman–Crippen MR) is 548 cm³/mol. The van der Waals surface area contributed by atoms with Crippen molar-refractivity contribution in [3.8, 4) is 100 Å². The number of rotatable bonds is 9. The zero-order valence-electron chi connectivity index (χ0n) is 70.3. The van der Waals surface area contributed by atoms with E-state index in [0.29, 0.717) is 0 Å². The Balaban J connectivity index is 0.000000105. The van der Waals surface area contributed by atoms with Crippen LogP contribution in [0.3, 0.4) is 0 Å². The van der Waals surface area contributed by atoms with Gasteiger partial charge < -0.3 is 13.3 Å². The third-order valence-corrected chi connectivity index (χ3v) is 26.5. The molecule has 3 heterocycles. The molecule has 0 aliphatic carbocycles. The highest BCUT2D eigenvalue weighted by atomic mass is 16.3. The van der Waals surface area contributed by atoms with Crippen molar-refractivity contribution in [2.24, 2.45) is 0 Å². The molecule has 0 aliphatic heterocycles. The number of hydrogen-bond donors (Lipinski definition) is 0. The smallest absolute Gasteiger partial charge is 0.136 e. The highest BCUT2D eigenvalue weighted by molar-refractivity contribution is 6.28. The lowest BCUT2D eigenvalue weighted by Crippen LogP contribution is -1.92. The van der Waals surface area contributed by atoms with Gasteiger partial charge in [-0.2, -0.15) is 0 Å². The van der Waals surface area contributed by atoms with E-state index in [4.69, 9.17) is 13.3 Å². The van der Waals surface area contributed by atoms with Gasteiger partial charge in [0.2, 0.25) is 0 Å². The maximum atomic E-state index is 6.34. The van der Waals surface area contributed by atoms with Crippen molar-refractivity contribution in [3.05, 3.63) is 473 Å². The van der Waals surface area contributed by atoms with E-state index in [9.17, 15) is 0 Å². The summed E-state index contributed by atoms with van der Waals surface area (Å²) in [4.78, 5) is 0. The lowest BCUT2D eigenvalue weighted by Gasteiger charge is -2.19. The number of hydrogen-bond acceptors (Lipinski definition) is 3. The van der Waals surface area contributed by atoms with Gasteiger partial charge in [0.05, 0.1) is 0 Å². The molecule has 0 atom stereocenters. The van der Waals surface area contributed by atoms with Gasteiger partial charge in [-0.3, -0.25) is 0 Å². The van der Waals surface area contributed by atoms with Crippen LogP contribution < -0.4 is 0 Å². The van der Waals surface area contributed by atoms with E-state index in [1.165, 1.54) is 180 Å². The van der Waals surface area contributed by atoms with Crippen LogP contribution in [0.2, 0.25) is 0 Å². The molecule has 3 aromatic heterocycles. The van der Waals surface area contributed by atoms with Crippen LogP contribution in [0.5, 0.6) is 0 Å². The molecule has 0 saturated carbocycles. The Morgan fingerprint density at radius 1 is 0.101 bits per heavy atom. The lowest BCUT2D eigenvalue weighted by molar-refractivity contribution is 0.668. The monoisotopic (exact) mass is 1640 g/mol. The molecule has 0 N–H and O–H groups in total. The fourth-order valence-corrected chi connectivity index (χ4v) is 20.7. The summed E-state index contributed by atoms with van der Waals surface area (Å²) < 4.78 is 19.0. The van der Waals surface area contributed by atoms with E-state index in [2.05, 4.69) is 437 Å². The highest BCUT2D eigenvalue weighted by Crippen LogP contribution is 2.52. The second-order valence-electron chi connectivity index (χ2n) is 33.8. The van der Waals surface area contributed by atoms with E-state index >= 15 is 0 Å². The molecule has 3 nitrogen and oxygen atoms in total. The maximum Gasteiger partial charge on any atom is 0.136 e. The largest absolute Gasteiger partial charge is 0.456 e. The highest BCUT2D eigenvalue weighted by Gasteiger charge is 2.25. The quantitative estimate of drug-likeness (QED) is 0.135. The average Bonchev–Trinajstić information content (AvgIpc) is 1.33. The minimum atomic E-state index is 0.914. The van der Waals surface area contributed by atoms with E-state index in [0.717, 1.165) is 82.5 Å². The van der Waals surface area contributed by atoms with E-state index in [1.807, 2.05) is 36.4 Å². The van der Waals surface area contributed by atoms with Crippen LogP contribution in [0, 0.1) is 0 Å². The maximum absolute atomic E-state index is 6.34. The van der Waals surface area contributed by atoms with E-state index in [-0.39, 0.29) is 0 Å². The average molecular weight is 1640 g/mol. The van der Waals surface area contributed by atoms with Crippen molar-refractivity contribution >= 4 is 163 Å². The van der Waals surface area contributed by atoms with E-state index in [1.54, 1.807) is 0 Å². The van der Waals surface area contributed by atoms with Gasteiger partial charge in [-0.1, -0.05) is 388 Å². The van der Waals surface area contributed by atoms with Crippen molar-refractivity contribution in [1.29, 1.82) is 0 Å². The number of benzene rings is 24. The van der Waals surface area contributed by atoms with Gasteiger partial charge in [0, 0.05) is 32.3 Å². The first-order valence-corrected chi connectivity index (χ1v) is 44.3. The molecule has 0 fully saturated rings. The van der Waals surface area contributed by atoms with Gasteiger partial charge in [-0.15, -0.1) is 0 Å². The van der Waals surface area contributed by atoms with Crippen molar-refractivity contribution in [2.75, 3.05) is 0 Å². The molecule has 0 bridgehead atoms. The molecule has 27 rings (SSSR count). The summed E-state index contributed by atoms with van der Waals surface area (Å²) in [5.74, 6) is 0. The SMILES string of the molecule is c1ccc(-c2cc(-c3c4ccccc4c(-c4ccc5c(c4)oc4ccccc45)c4ccccc34)c3ccccc3c2)cc1.c1ccc(-c2ccc3c(-c4c5ccccc5c(-c5ccc6c(c5)oc5ccccc56)c5ccccc45)cccc3c2)cc1.c1ccc(-c2ccc3cc(-c4c5ccccc5c(-c5ccc6c(c5)oc5ccccc56)c5ccccc45)ccc3c2)cc1. The van der Waals surface area contributed by atoms with E-state index < -0.39 is 0 Å². The molecular formula is C126H78O3. The Morgan fingerprint density at radius 2 is 0.333 bits per heavy atom. The minimum absolute atomic E-state index is 0.914. The zero-order valence-corrected chi connectivity index (χ0v) is 70.3. The number of furan rings is 3. The summed E-state index contributed by atoms with van der Waals surface area (Å²) in [6.45, 7) is 0. The summed E-state index contributed by atoms with van der Waals surface area (Å²) in [5.41, 5.74) is 27.7. The first kappa shape index (κ1) is 74.6. The van der Waals surface area contributed by atoms with Crippen LogP contribution in [-0.2, 0) is 0 Å². The molecule has 129 heavy (non-hydrogen) atoms. The van der Waals surface area contributed by atoms with Crippen molar-refractivity contribution in [3.63, 3.8) is 0 Å². The first-order chi connectivity index (χ1) is 64.0. The van der Waals surface area contributed by atoms with Crippen LogP contribution in [0.15, 0.2) is 486 Å². The summed E-state index contributed by atoms with van der Waals surface area (Å²) in [5, 5.41) is 29.3. The van der Waals surface area contributed by atoms with Crippen LogP contribution in [0.25, 0.3) is 263 Å². The molecular weight excluding hydrogens is 1560 g/mol. The molecule has 0 amide bonds. The molecule has 0 unspecified atom stereocenters. The normalized spacial score (nSPS) is 11.7. The van der Waals surface area contributed by atoms with Gasteiger partial charge >= 0.3 is 0 Å². The lowest BCUT2D eigenvalue weighted by atomic mass is 9.83. The standard InChI is InChI=1S/3C42H26O/c1-2-11-27(12-3-1)28-21-23-31-29(25-28)13-10-19-34(31)42-37-17-6-4-15-35(37)41(36-16-5-7-18-38(36)42)30-22-24-33-32-14-8-9-20-39(32)43-40(33)26-30;1-2-10-27(11-3-1)28-18-19-30-25-31(21-20-29(30)24-28)41-35-13-4-6-15-37(35)42(38-16-7-5-14-36(38)41)32-22-23-34-33-12-8-9-17-39(33)43-40(34)26-32;1-2-12-27(13-3-1)30-24-28-14-4-5-15-31(28)38(25-30)42-36-19-8-6-17-34(36)41(35-18-7-9-20-37(35)42)29-22-23-33-32-16-10-11-21-39(32)43-40(33)26-29/h3*1-26H. The summed E-state index contributed by atoms with van der Waals surface area (Å²) in [6.07, 6.45) is 0. The van der Waals surface area contributed by atoms with Crippen molar-refractivity contribution in [1.82, 2.24) is 0 Å². The van der Waals surface area contributed by atoms with Gasteiger partial charge in [0.1, 0.15) is 33.5 Å². The Kier molecular flexibility index (Phi) is 18.0. The van der Waals surface area contributed by atoms with Crippen LogP contribution in [-0.4, -0.2) is 0 Å². The second kappa shape index (κ2) is 31.1. The summed E-state index contributed by atoms with van der Waals surface area (Å²) >= 11 is 0. The number of para-hydroxylation sites is 3. The topological polar surface area (TPSA) is 39.4 Å². The predicted octanol–water partition coefficient (Wildman–Crippen LogP) is 36.1. The molecule has 0 aliphatic rings. The summed E-state index contributed by atoms with van der Waals surface area (Å²) in [7, 11) is 0. The Labute approximate surface area is 744 Å². The Hall–Kier alpha value is -17.0. The third kappa shape index (κ3) is 12.8. The molecule has 0 saturated heterocycles. The van der Waals surface area contributed by atoms with Crippen molar-refractivity contribution in [2.45, 2.75) is 0 Å². The van der Waals surface area contributed by atoms with Gasteiger partial charge in [-0.05, 0) is 282 Å². The van der Waals surface area contributed by atoms with Gasteiger partial charge in [-0.25, -0.2) is 0 Å². The molecule has 0 spiro atoms. The Morgan fingerprint density at radius 3 is 0.713 bits per heavy atom. The second-order valence-corrected chi connectivity index (χ2v) is 33.8.